The van der Waals surface area contributed by atoms with E-state index in [0.717, 1.165) is 16.9 Å². The molecule has 2 nitrogen and oxygen atoms in total. The molecule has 0 aliphatic heterocycles. The van der Waals surface area contributed by atoms with Gasteiger partial charge in [-0.2, -0.15) is 0 Å². The summed E-state index contributed by atoms with van der Waals surface area (Å²) in [5.41, 5.74) is 2.61. The lowest BCUT2D eigenvalue weighted by Crippen LogP contribution is -2.04. The molecule has 19 heavy (non-hydrogen) atoms. The Hall–Kier alpha value is -1.80. The Bertz CT molecular complexity index is 568. The number of ether oxygens (including phenoxy) is 1. The van der Waals surface area contributed by atoms with Crippen molar-refractivity contribution in [2.75, 3.05) is 7.11 Å². The van der Waals surface area contributed by atoms with E-state index in [-0.39, 0.29) is 5.78 Å². The van der Waals surface area contributed by atoms with Crippen molar-refractivity contribution in [2.24, 2.45) is 0 Å². The molecule has 2 rings (SSSR count). The van der Waals surface area contributed by atoms with Crippen LogP contribution in [0.5, 0.6) is 5.75 Å². The van der Waals surface area contributed by atoms with Gasteiger partial charge in [0.2, 0.25) is 0 Å². The number of carbonyl (C=O) groups excluding carboxylic acids is 1. The van der Waals surface area contributed by atoms with Gasteiger partial charge in [-0.1, -0.05) is 23.7 Å². The summed E-state index contributed by atoms with van der Waals surface area (Å²) >= 11 is 5.97. The van der Waals surface area contributed by atoms with Gasteiger partial charge in [-0.15, -0.1) is 0 Å². The van der Waals surface area contributed by atoms with E-state index >= 15 is 0 Å². The van der Waals surface area contributed by atoms with Crippen LogP contribution in [0.25, 0.3) is 0 Å². The van der Waals surface area contributed by atoms with Crippen LogP contribution in [0.1, 0.15) is 21.5 Å². The number of aryl methyl sites for hydroxylation is 1. The molecule has 0 heterocycles. The van der Waals surface area contributed by atoms with Crippen molar-refractivity contribution in [3.63, 3.8) is 0 Å². The Morgan fingerprint density at radius 1 is 1.16 bits per heavy atom. The molecule has 98 valence electrons. The van der Waals surface area contributed by atoms with Crippen molar-refractivity contribution >= 4 is 17.4 Å². The van der Waals surface area contributed by atoms with E-state index in [0.29, 0.717) is 17.0 Å². The summed E-state index contributed by atoms with van der Waals surface area (Å²) < 4.78 is 5.09. The highest BCUT2D eigenvalue weighted by Crippen LogP contribution is 2.17. The van der Waals surface area contributed by atoms with E-state index in [2.05, 4.69) is 0 Å². The van der Waals surface area contributed by atoms with Crippen molar-refractivity contribution in [1.82, 2.24) is 0 Å². The number of rotatable bonds is 4. The zero-order chi connectivity index (χ0) is 13.8. The molecule has 2 aromatic carbocycles. The van der Waals surface area contributed by atoms with E-state index in [1.165, 1.54) is 0 Å². The fourth-order valence-corrected chi connectivity index (χ4v) is 2.22. The van der Waals surface area contributed by atoms with Crippen LogP contribution in [0.4, 0.5) is 0 Å². The van der Waals surface area contributed by atoms with Crippen LogP contribution in [0, 0.1) is 6.92 Å². The minimum absolute atomic E-state index is 0.0655. The molecule has 0 aromatic heterocycles. The molecule has 0 radical (unpaired) electrons. The molecule has 0 spiro atoms. The summed E-state index contributed by atoms with van der Waals surface area (Å²) in [6.45, 7) is 1.93. The third kappa shape index (κ3) is 3.58. The van der Waals surface area contributed by atoms with E-state index in [1.807, 2.05) is 43.3 Å². The molecule has 0 saturated carbocycles. The van der Waals surface area contributed by atoms with E-state index in [9.17, 15) is 4.79 Å². The number of ketones is 1. The third-order valence-electron chi connectivity index (χ3n) is 2.89. The van der Waals surface area contributed by atoms with Crippen molar-refractivity contribution in [1.29, 1.82) is 0 Å². The van der Waals surface area contributed by atoms with Crippen LogP contribution in [-0.2, 0) is 6.42 Å². The first-order chi connectivity index (χ1) is 9.08. The van der Waals surface area contributed by atoms with Crippen LogP contribution >= 0.6 is 11.6 Å². The fraction of sp³-hybridized carbons (Fsp3) is 0.188. The number of hydrogen-bond donors (Lipinski definition) is 0. The average molecular weight is 275 g/mol. The molecule has 0 unspecified atom stereocenters. The number of benzene rings is 2. The molecular formula is C16H15ClO2. The average Bonchev–Trinajstić information content (AvgIpc) is 2.38. The first kappa shape index (κ1) is 13.6. The van der Waals surface area contributed by atoms with E-state index in [1.54, 1.807) is 13.2 Å². The normalized spacial score (nSPS) is 10.3. The maximum atomic E-state index is 12.2. The fourth-order valence-electron chi connectivity index (χ4n) is 1.93. The van der Waals surface area contributed by atoms with Crippen LogP contribution < -0.4 is 4.74 Å². The Kier molecular flexibility index (Phi) is 4.23. The summed E-state index contributed by atoms with van der Waals surface area (Å²) in [5, 5.41) is 0.595. The molecule has 0 aliphatic carbocycles. The highest BCUT2D eigenvalue weighted by molar-refractivity contribution is 6.31. The Morgan fingerprint density at radius 2 is 1.84 bits per heavy atom. The maximum absolute atomic E-state index is 12.2. The van der Waals surface area contributed by atoms with Gasteiger partial charge in [-0.05, 0) is 48.4 Å². The van der Waals surface area contributed by atoms with Gasteiger partial charge in [0.25, 0.3) is 0 Å². The summed E-state index contributed by atoms with van der Waals surface area (Å²) in [6.07, 6.45) is 0.365. The lowest BCUT2D eigenvalue weighted by Gasteiger charge is -2.05. The third-order valence-corrected chi connectivity index (χ3v) is 3.11. The molecule has 0 atom stereocenters. The molecule has 0 amide bonds. The van der Waals surface area contributed by atoms with Crippen LogP contribution in [0.2, 0.25) is 5.02 Å². The Balaban J connectivity index is 2.15. The standard InChI is InChI=1S/C16H15ClO2/c1-11-7-13(10-14(17)8-11)16(18)9-12-3-5-15(19-2)6-4-12/h3-8,10H,9H2,1-2H3. The first-order valence-corrected chi connectivity index (χ1v) is 6.39. The van der Waals surface area contributed by atoms with Gasteiger partial charge < -0.3 is 4.74 Å². The molecule has 0 aliphatic rings. The zero-order valence-corrected chi connectivity index (χ0v) is 11.7. The molecule has 3 heteroatoms. The Morgan fingerprint density at radius 3 is 2.42 bits per heavy atom. The molecule has 2 aromatic rings. The second-order valence-electron chi connectivity index (χ2n) is 4.47. The second kappa shape index (κ2) is 5.89. The Labute approximate surface area is 118 Å². The van der Waals surface area contributed by atoms with Gasteiger partial charge in [-0.25, -0.2) is 0 Å². The largest absolute Gasteiger partial charge is 0.497 e. The maximum Gasteiger partial charge on any atom is 0.167 e. The van der Waals surface area contributed by atoms with Gasteiger partial charge in [0.15, 0.2) is 5.78 Å². The van der Waals surface area contributed by atoms with Crippen molar-refractivity contribution < 1.29 is 9.53 Å². The molecular weight excluding hydrogens is 260 g/mol. The number of methoxy groups -OCH3 is 1. The highest BCUT2D eigenvalue weighted by Gasteiger charge is 2.08. The zero-order valence-electron chi connectivity index (χ0n) is 10.9. The SMILES string of the molecule is COc1ccc(CC(=O)c2cc(C)cc(Cl)c2)cc1. The quantitative estimate of drug-likeness (QED) is 0.785. The van der Waals surface area contributed by atoms with Crippen LogP contribution in [0.3, 0.4) is 0 Å². The lowest BCUT2D eigenvalue weighted by molar-refractivity contribution is 0.0993. The predicted octanol–water partition coefficient (Wildman–Crippen LogP) is 4.08. The van der Waals surface area contributed by atoms with E-state index in [4.69, 9.17) is 16.3 Å². The molecule has 0 N–H and O–H groups in total. The van der Waals surface area contributed by atoms with Crippen molar-refractivity contribution in [3.05, 3.63) is 64.2 Å². The van der Waals surface area contributed by atoms with E-state index < -0.39 is 0 Å². The molecule has 0 saturated heterocycles. The monoisotopic (exact) mass is 274 g/mol. The van der Waals surface area contributed by atoms with Gasteiger partial charge in [0.1, 0.15) is 5.75 Å². The topological polar surface area (TPSA) is 26.3 Å². The summed E-state index contributed by atoms with van der Waals surface area (Å²) in [6, 6.07) is 12.9. The predicted molar refractivity (Wildman–Crippen MR) is 77.2 cm³/mol. The van der Waals surface area contributed by atoms with Crippen LogP contribution in [0.15, 0.2) is 42.5 Å². The minimum atomic E-state index is 0.0655. The van der Waals surface area contributed by atoms with Gasteiger partial charge in [0.05, 0.1) is 7.11 Å². The first-order valence-electron chi connectivity index (χ1n) is 6.02. The van der Waals surface area contributed by atoms with Crippen molar-refractivity contribution in [3.8, 4) is 5.75 Å². The number of hydrogen-bond acceptors (Lipinski definition) is 2. The molecule has 0 fully saturated rings. The highest BCUT2D eigenvalue weighted by atomic mass is 35.5. The van der Waals surface area contributed by atoms with Gasteiger partial charge >= 0.3 is 0 Å². The number of halogens is 1. The van der Waals surface area contributed by atoms with Gasteiger partial charge in [0, 0.05) is 17.0 Å². The summed E-state index contributed by atoms with van der Waals surface area (Å²) in [4.78, 5) is 12.2. The van der Waals surface area contributed by atoms with Crippen LogP contribution in [-0.4, -0.2) is 12.9 Å². The van der Waals surface area contributed by atoms with Crippen molar-refractivity contribution in [2.45, 2.75) is 13.3 Å². The summed E-state index contributed by atoms with van der Waals surface area (Å²) in [5.74, 6) is 0.852. The smallest absolute Gasteiger partial charge is 0.167 e. The summed E-state index contributed by atoms with van der Waals surface area (Å²) in [7, 11) is 1.62. The molecule has 0 bridgehead atoms. The second-order valence-corrected chi connectivity index (χ2v) is 4.90. The number of carbonyl (C=O) groups is 1. The minimum Gasteiger partial charge on any atom is -0.497 e. The van der Waals surface area contributed by atoms with Gasteiger partial charge in [-0.3, -0.25) is 4.79 Å². The number of Topliss-reactive ketones (excluding diaryl/α,β-unsaturated/α-hetero) is 1. The lowest BCUT2D eigenvalue weighted by atomic mass is 10.0.